The summed E-state index contributed by atoms with van der Waals surface area (Å²) >= 11 is 0. The van der Waals surface area contributed by atoms with Crippen molar-refractivity contribution in [3.05, 3.63) is 24.0 Å². The molecule has 0 bridgehead atoms. The number of amides is 1. The molecule has 0 unspecified atom stereocenters. The fourth-order valence-electron chi connectivity index (χ4n) is 2.10. The van der Waals surface area contributed by atoms with Crippen molar-refractivity contribution >= 4 is 17.7 Å². The molecule has 30 heavy (non-hydrogen) atoms. The Morgan fingerprint density at radius 3 is 2.10 bits per heavy atom. The van der Waals surface area contributed by atoms with Gasteiger partial charge in [0, 0.05) is 25.1 Å². The molecule has 1 N–H and O–H groups in total. The second-order valence-electron chi connectivity index (χ2n) is 7.30. The van der Waals surface area contributed by atoms with Crippen LogP contribution in [0.2, 0.25) is 0 Å². The van der Waals surface area contributed by atoms with Crippen LogP contribution in [-0.4, -0.2) is 44.4 Å². The highest BCUT2D eigenvalue weighted by Gasteiger charge is 2.29. The number of aliphatic carboxylic acids is 1. The minimum atomic E-state index is -0.951. The molecule has 1 heterocycles. The summed E-state index contributed by atoms with van der Waals surface area (Å²) in [5.41, 5.74) is 0.677. The average molecular weight is 424 g/mol. The molecule has 0 saturated heterocycles. The lowest BCUT2D eigenvalue weighted by atomic mass is 10.2. The SMILES string of the molecule is C=C(C)N(CC1CC1)C(=O)C(=O)CCC.CCCC.CCc1nc(CC(=O)O)no1. The third-order valence-electron chi connectivity index (χ3n) is 4.18. The van der Waals surface area contributed by atoms with Gasteiger partial charge < -0.3 is 14.5 Å². The molecule has 1 aliphatic rings. The fourth-order valence-corrected chi connectivity index (χ4v) is 2.10. The molecular formula is C22H37N3O5. The van der Waals surface area contributed by atoms with E-state index in [9.17, 15) is 14.4 Å². The predicted octanol–water partition coefficient (Wildman–Crippen LogP) is 4.19. The summed E-state index contributed by atoms with van der Waals surface area (Å²) in [5, 5.41) is 11.8. The highest BCUT2D eigenvalue weighted by molar-refractivity contribution is 6.36. The largest absolute Gasteiger partial charge is 0.481 e. The van der Waals surface area contributed by atoms with Crippen LogP contribution in [0.4, 0.5) is 0 Å². The first-order valence-electron chi connectivity index (χ1n) is 10.7. The highest BCUT2D eigenvalue weighted by atomic mass is 16.5. The van der Waals surface area contributed by atoms with Crippen LogP contribution in [-0.2, 0) is 27.2 Å². The van der Waals surface area contributed by atoms with Gasteiger partial charge in [0.05, 0.1) is 0 Å². The average Bonchev–Trinajstić information content (AvgIpc) is 3.42. The highest BCUT2D eigenvalue weighted by Crippen LogP contribution is 2.30. The number of aryl methyl sites for hydroxylation is 1. The van der Waals surface area contributed by atoms with Gasteiger partial charge in [-0.15, -0.1) is 0 Å². The van der Waals surface area contributed by atoms with Gasteiger partial charge in [0.25, 0.3) is 5.91 Å². The number of aromatic nitrogens is 2. The Morgan fingerprint density at radius 1 is 1.13 bits per heavy atom. The Bertz CT molecular complexity index is 678. The van der Waals surface area contributed by atoms with Crippen molar-refractivity contribution in [3.8, 4) is 0 Å². The third-order valence-corrected chi connectivity index (χ3v) is 4.18. The maximum atomic E-state index is 11.8. The number of carbonyl (C=O) groups excluding carboxylic acids is 2. The van der Waals surface area contributed by atoms with Gasteiger partial charge in [0.15, 0.2) is 5.82 Å². The lowest BCUT2D eigenvalue weighted by molar-refractivity contribution is -0.143. The first kappa shape index (κ1) is 27.5. The number of unbranched alkanes of at least 4 members (excludes halogenated alkanes) is 1. The second-order valence-corrected chi connectivity index (χ2v) is 7.30. The topological polar surface area (TPSA) is 114 Å². The third kappa shape index (κ3) is 12.1. The van der Waals surface area contributed by atoms with Crippen LogP contribution in [0.5, 0.6) is 0 Å². The van der Waals surface area contributed by atoms with Crippen LogP contribution >= 0.6 is 0 Å². The number of carboxylic acid groups (broad SMARTS) is 1. The number of hydrogen-bond donors (Lipinski definition) is 1. The molecule has 1 saturated carbocycles. The smallest absolute Gasteiger partial charge is 0.311 e. The van der Waals surface area contributed by atoms with Gasteiger partial charge in [-0.05, 0) is 32.1 Å². The van der Waals surface area contributed by atoms with E-state index >= 15 is 0 Å². The van der Waals surface area contributed by atoms with Crippen LogP contribution in [0, 0.1) is 5.92 Å². The minimum Gasteiger partial charge on any atom is -0.481 e. The van der Waals surface area contributed by atoms with Crippen molar-refractivity contribution in [2.24, 2.45) is 5.92 Å². The summed E-state index contributed by atoms with van der Waals surface area (Å²) in [4.78, 5) is 38.7. The maximum Gasteiger partial charge on any atom is 0.311 e. The number of carboxylic acids is 1. The van der Waals surface area contributed by atoms with E-state index in [1.165, 1.54) is 30.6 Å². The number of nitrogens with zero attached hydrogens (tertiary/aromatic N) is 3. The number of rotatable bonds is 10. The van der Waals surface area contributed by atoms with E-state index in [0.29, 0.717) is 36.9 Å². The van der Waals surface area contributed by atoms with Gasteiger partial charge >= 0.3 is 5.97 Å². The molecule has 1 aromatic heterocycles. The van der Waals surface area contributed by atoms with Gasteiger partial charge in [0.2, 0.25) is 11.7 Å². The van der Waals surface area contributed by atoms with E-state index in [2.05, 4.69) is 30.6 Å². The quantitative estimate of drug-likeness (QED) is 0.561. The van der Waals surface area contributed by atoms with Crippen molar-refractivity contribution in [1.82, 2.24) is 15.0 Å². The zero-order chi connectivity index (χ0) is 23.1. The van der Waals surface area contributed by atoms with Crippen molar-refractivity contribution in [2.75, 3.05) is 6.54 Å². The molecule has 1 aliphatic carbocycles. The molecular weight excluding hydrogens is 386 g/mol. The summed E-state index contributed by atoms with van der Waals surface area (Å²) in [6.45, 7) is 14.3. The summed E-state index contributed by atoms with van der Waals surface area (Å²) in [5.74, 6) is -0.332. The van der Waals surface area contributed by atoms with E-state index < -0.39 is 5.97 Å². The Hall–Kier alpha value is -2.51. The van der Waals surface area contributed by atoms with Crippen LogP contribution in [0.1, 0.15) is 84.9 Å². The van der Waals surface area contributed by atoms with Crippen LogP contribution in [0.25, 0.3) is 0 Å². The Morgan fingerprint density at radius 2 is 1.73 bits per heavy atom. The molecule has 0 spiro atoms. The Balaban J connectivity index is 0.000000491. The van der Waals surface area contributed by atoms with E-state index in [0.717, 1.165) is 6.42 Å². The van der Waals surface area contributed by atoms with E-state index in [4.69, 9.17) is 9.63 Å². The molecule has 2 rings (SSSR count). The lowest BCUT2D eigenvalue weighted by Crippen LogP contribution is -2.36. The van der Waals surface area contributed by atoms with E-state index in [1.54, 1.807) is 6.92 Å². The Labute approximate surface area is 179 Å². The first-order valence-corrected chi connectivity index (χ1v) is 10.7. The van der Waals surface area contributed by atoms with Crippen molar-refractivity contribution in [1.29, 1.82) is 0 Å². The fraction of sp³-hybridized carbons (Fsp3) is 0.682. The van der Waals surface area contributed by atoms with Crippen LogP contribution < -0.4 is 0 Å². The van der Waals surface area contributed by atoms with Crippen LogP contribution in [0.3, 0.4) is 0 Å². The number of allylic oxidation sites excluding steroid dienone is 1. The molecule has 8 nitrogen and oxygen atoms in total. The van der Waals surface area contributed by atoms with E-state index in [-0.39, 0.29) is 23.9 Å². The summed E-state index contributed by atoms with van der Waals surface area (Å²) in [7, 11) is 0. The second kappa shape index (κ2) is 15.3. The van der Waals surface area contributed by atoms with Gasteiger partial charge in [-0.2, -0.15) is 4.98 Å². The van der Waals surface area contributed by atoms with Gasteiger partial charge in [-0.1, -0.05) is 52.3 Å². The molecule has 8 heteroatoms. The number of Topliss-reactive ketones (excluding diaryl/α,β-unsaturated/α-hetero) is 1. The maximum absolute atomic E-state index is 11.8. The zero-order valence-corrected chi connectivity index (χ0v) is 19.1. The Kier molecular flexibility index (Phi) is 14.1. The van der Waals surface area contributed by atoms with Crippen molar-refractivity contribution < 1.29 is 24.0 Å². The van der Waals surface area contributed by atoms with Gasteiger partial charge in [-0.25, -0.2) is 0 Å². The molecule has 0 aliphatic heterocycles. The van der Waals surface area contributed by atoms with Crippen molar-refractivity contribution in [2.45, 2.75) is 86.0 Å². The van der Waals surface area contributed by atoms with Gasteiger partial charge in [-0.3, -0.25) is 14.4 Å². The molecule has 1 aromatic rings. The molecule has 1 amide bonds. The first-order chi connectivity index (χ1) is 14.2. The molecule has 1 fully saturated rings. The summed E-state index contributed by atoms with van der Waals surface area (Å²) in [6, 6.07) is 0. The lowest BCUT2D eigenvalue weighted by Gasteiger charge is -2.21. The van der Waals surface area contributed by atoms with Gasteiger partial charge in [0.1, 0.15) is 6.42 Å². The molecule has 170 valence electrons. The molecule has 0 aromatic carbocycles. The monoisotopic (exact) mass is 423 g/mol. The van der Waals surface area contributed by atoms with E-state index in [1.807, 2.05) is 13.8 Å². The minimum absolute atomic E-state index is 0.177. The summed E-state index contributed by atoms with van der Waals surface area (Å²) in [6.07, 6.45) is 6.49. The number of ketones is 1. The molecule has 0 radical (unpaired) electrons. The number of hydrogen-bond acceptors (Lipinski definition) is 6. The standard InChI is InChI=1S/C12H19NO2.C6H8N2O3.C4H10/c1-4-5-11(14)12(15)13(9(2)3)8-10-6-7-10;1-2-5-7-4(8-11-5)3-6(9)10;1-3-4-2/h10H,2,4-8H2,1,3H3;2-3H2,1H3,(H,9,10);3-4H2,1-2H3. The summed E-state index contributed by atoms with van der Waals surface area (Å²) < 4.78 is 4.69. The molecule has 0 atom stereocenters. The predicted molar refractivity (Wildman–Crippen MR) is 115 cm³/mol. The normalized spacial score (nSPS) is 12.0. The number of carbonyl (C=O) groups is 3. The zero-order valence-electron chi connectivity index (χ0n) is 19.1. The van der Waals surface area contributed by atoms with Crippen molar-refractivity contribution in [3.63, 3.8) is 0 Å². The van der Waals surface area contributed by atoms with Crippen LogP contribution in [0.15, 0.2) is 16.8 Å².